The molecule has 0 saturated heterocycles. The van der Waals surface area contributed by atoms with Crippen LogP contribution in [0.25, 0.3) is 0 Å². The van der Waals surface area contributed by atoms with E-state index in [0.717, 1.165) is 64.2 Å². The molecule has 8 atom stereocenters. The topological polar surface area (TPSA) is 112 Å². The largest absolute Gasteiger partial charge is 0.481 e. The van der Waals surface area contributed by atoms with Crippen molar-refractivity contribution in [3.8, 4) is 0 Å². The maximum absolute atomic E-state index is 12.6. The Morgan fingerprint density at radius 1 is 0.897 bits per heavy atom. The molecule has 162 valence electrons. The van der Waals surface area contributed by atoms with Gasteiger partial charge in [0.05, 0.1) is 17.8 Å². The van der Waals surface area contributed by atoms with Crippen LogP contribution in [0.1, 0.15) is 77.6 Å². The summed E-state index contributed by atoms with van der Waals surface area (Å²) in [5.41, 5.74) is -0.783. The molecule has 0 bridgehead atoms. The Kier molecular flexibility index (Phi) is 5.19. The van der Waals surface area contributed by atoms with Crippen molar-refractivity contribution >= 4 is 17.9 Å². The molecule has 6 heteroatoms. The van der Waals surface area contributed by atoms with E-state index in [9.17, 15) is 29.7 Å². The average molecular weight is 407 g/mol. The van der Waals surface area contributed by atoms with Crippen molar-refractivity contribution < 1.29 is 29.7 Å². The van der Waals surface area contributed by atoms with E-state index in [1.54, 1.807) is 0 Å². The van der Waals surface area contributed by atoms with Crippen LogP contribution in [-0.4, -0.2) is 33.2 Å². The SMILES string of the molecule is C[C@]12CC[C@H]3[C@@H](CCC4CCCC[C@@]43C(=O)O)[C@@H]1CC[C@@H]2[C@@H](CC(=O)O)C(=O)O. The molecule has 29 heavy (non-hydrogen) atoms. The maximum atomic E-state index is 12.6. The van der Waals surface area contributed by atoms with Gasteiger partial charge < -0.3 is 15.3 Å². The highest BCUT2D eigenvalue weighted by molar-refractivity contribution is 5.78. The van der Waals surface area contributed by atoms with E-state index >= 15 is 0 Å². The van der Waals surface area contributed by atoms with Crippen molar-refractivity contribution in [3.63, 3.8) is 0 Å². The first-order valence-electron chi connectivity index (χ1n) is 11.4. The number of fused-ring (bicyclic) bond motifs is 5. The van der Waals surface area contributed by atoms with E-state index < -0.39 is 29.2 Å². The fourth-order valence-electron chi connectivity index (χ4n) is 8.61. The van der Waals surface area contributed by atoms with Crippen LogP contribution in [0.15, 0.2) is 0 Å². The maximum Gasteiger partial charge on any atom is 0.310 e. The molecular weight excluding hydrogens is 372 g/mol. The molecule has 0 amide bonds. The van der Waals surface area contributed by atoms with Crippen LogP contribution in [0.4, 0.5) is 0 Å². The van der Waals surface area contributed by atoms with E-state index in [4.69, 9.17) is 0 Å². The van der Waals surface area contributed by atoms with Crippen molar-refractivity contribution in [2.45, 2.75) is 77.6 Å². The molecule has 4 fully saturated rings. The average Bonchev–Trinajstić information content (AvgIpc) is 3.02. The summed E-state index contributed by atoms with van der Waals surface area (Å²) in [6.45, 7) is 2.17. The minimum absolute atomic E-state index is 0.132. The van der Waals surface area contributed by atoms with Gasteiger partial charge in [0.15, 0.2) is 0 Å². The summed E-state index contributed by atoms with van der Waals surface area (Å²) in [5.74, 6) is -2.50. The highest BCUT2D eigenvalue weighted by atomic mass is 16.4. The summed E-state index contributed by atoms with van der Waals surface area (Å²) in [7, 11) is 0. The van der Waals surface area contributed by atoms with E-state index in [1.807, 2.05) is 0 Å². The highest BCUT2D eigenvalue weighted by Gasteiger charge is 2.64. The third-order valence-corrected chi connectivity index (χ3v) is 9.74. The van der Waals surface area contributed by atoms with Gasteiger partial charge in [-0.2, -0.15) is 0 Å². The second-order valence-corrected chi connectivity index (χ2v) is 10.5. The number of rotatable bonds is 5. The van der Waals surface area contributed by atoms with Crippen molar-refractivity contribution in [3.05, 3.63) is 0 Å². The standard InChI is InChI=1S/C23H34O6/c1-22-11-9-18-14(6-5-13-4-2-3-10-23(13,18)21(28)29)16(22)7-8-17(22)15(20(26)27)12-19(24)25/h13-18H,2-12H2,1H3,(H,24,25)(H,26,27)(H,28,29)/t13?,14-,15+,16-,17+,18-,22-,23+/m0/s1. The van der Waals surface area contributed by atoms with Crippen LogP contribution in [0.5, 0.6) is 0 Å². The van der Waals surface area contributed by atoms with E-state index in [1.165, 1.54) is 0 Å². The minimum atomic E-state index is -1.05. The zero-order chi connectivity index (χ0) is 21.0. The van der Waals surface area contributed by atoms with Crippen LogP contribution < -0.4 is 0 Å². The summed E-state index contributed by atoms with van der Waals surface area (Å²) in [6, 6.07) is 0. The molecule has 3 N–H and O–H groups in total. The summed E-state index contributed by atoms with van der Waals surface area (Å²) in [5, 5.41) is 29.3. The third kappa shape index (κ3) is 3.00. The number of hydrogen-bond donors (Lipinski definition) is 3. The predicted octanol–water partition coefficient (Wildman–Crippen LogP) is 4.28. The predicted molar refractivity (Wildman–Crippen MR) is 105 cm³/mol. The summed E-state index contributed by atoms with van der Waals surface area (Å²) >= 11 is 0. The van der Waals surface area contributed by atoms with Crippen molar-refractivity contribution in [1.29, 1.82) is 0 Å². The number of hydrogen-bond acceptors (Lipinski definition) is 3. The van der Waals surface area contributed by atoms with Gasteiger partial charge in [0.1, 0.15) is 0 Å². The molecule has 4 rings (SSSR count). The number of carboxylic acid groups (broad SMARTS) is 3. The third-order valence-electron chi connectivity index (χ3n) is 9.74. The van der Waals surface area contributed by atoms with Gasteiger partial charge in [0, 0.05) is 0 Å². The normalized spacial score (nSPS) is 44.8. The molecule has 0 aromatic heterocycles. The Balaban J connectivity index is 1.64. The van der Waals surface area contributed by atoms with Gasteiger partial charge in [-0.1, -0.05) is 19.8 Å². The smallest absolute Gasteiger partial charge is 0.310 e. The first-order valence-corrected chi connectivity index (χ1v) is 11.4. The zero-order valence-corrected chi connectivity index (χ0v) is 17.3. The molecule has 0 aliphatic heterocycles. The van der Waals surface area contributed by atoms with Gasteiger partial charge in [0.25, 0.3) is 0 Å². The molecule has 1 unspecified atom stereocenters. The Bertz CT molecular complexity index is 703. The van der Waals surface area contributed by atoms with E-state index in [-0.39, 0.29) is 29.6 Å². The quantitative estimate of drug-likeness (QED) is 0.628. The Hall–Kier alpha value is -1.59. The molecule has 6 nitrogen and oxygen atoms in total. The molecule has 0 radical (unpaired) electrons. The molecule has 0 spiro atoms. The second kappa shape index (κ2) is 7.28. The summed E-state index contributed by atoms with van der Waals surface area (Å²) < 4.78 is 0. The fraction of sp³-hybridized carbons (Fsp3) is 0.870. The van der Waals surface area contributed by atoms with Gasteiger partial charge >= 0.3 is 17.9 Å². The number of aliphatic carboxylic acids is 3. The first-order chi connectivity index (χ1) is 13.7. The molecular formula is C23H34O6. The van der Waals surface area contributed by atoms with Crippen molar-refractivity contribution in [1.82, 2.24) is 0 Å². The van der Waals surface area contributed by atoms with E-state index in [2.05, 4.69) is 6.92 Å². The molecule has 4 aliphatic carbocycles. The van der Waals surface area contributed by atoms with Gasteiger partial charge in [-0.05, 0) is 86.4 Å². The number of carboxylic acids is 3. The molecule has 0 aromatic rings. The lowest BCUT2D eigenvalue weighted by Gasteiger charge is -2.59. The number of carbonyl (C=O) groups is 3. The van der Waals surface area contributed by atoms with Gasteiger partial charge in [-0.25, -0.2) is 0 Å². The summed E-state index contributed by atoms with van der Waals surface area (Å²) in [4.78, 5) is 35.8. The van der Waals surface area contributed by atoms with Crippen LogP contribution in [0.3, 0.4) is 0 Å². The fourth-order valence-corrected chi connectivity index (χ4v) is 8.61. The molecule has 0 heterocycles. The highest BCUT2D eigenvalue weighted by Crippen LogP contribution is 2.68. The Morgan fingerprint density at radius 2 is 1.66 bits per heavy atom. The van der Waals surface area contributed by atoms with Crippen molar-refractivity contribution in [2.75, 3.05) is 0 Å². The van der Waals surface area contributed by atoms with Crippen LogP contribution in [-0.2, 0) is 14.4 Å². The van der Waals surface area contributed by atoms with Gasteiger partial charge in [-0.3, -0.25) is 14.4 Å². The Morgan fingerprint density at radius 3 is 2.31 bits per heavy atom. The Labute approximate surface area is 172 Å². The lowest BCUT2D eigenvalue weighted by atomic mass is 9.44. The molecule has 4 saturated carbocycles. The minimum Gasteiger partial charge on any atom is -0.481 e. The zero-order valence-electron chi connectivity index (χ0n) is 17.3. The van der Waals surface area contributed by atoms with Gasteiger partial charge in [-0.15, -0.1) is 0 Å². The van der Waals surface area contributed by atoms with Gasteiger partial charge in [0.2, 0.25) is 0 Å². The summed E-state index contributed by atoms with van der Waals surface area (Å²) in [6.07, 6.45) is 8.98. The monoisotopic (exact) mass is 406 g/mol. The van der Waals surface area contributed by atoms with Crippen molar-refractivity contribution in [2.24, 2.45) is 46.3 Å². The van der Waals surface area contributed by atoms with Crippen LogP contribution in [0.2, 0.25) is 0 Å². The van der Waals surface area contributed by atoms with Crippen LogP contribution >= 0.6 is 0 Å². The van der Waals surface area contributed by atoms with Crippen LogP contribution in [0, 0.1) is 46.3 Å². The second-order valence-electron chi connectivity index (χ2n) is 10.5. The first kappa shape index (κ1) is 20.7. The molecule has 4 aliphatic rings. The van der Waals surface area contributed by atoms with E-state index in [0.29, 0.717) is 11.8 Å². The lowest BCUT2D eigenvalue weighted by Crippen LogP contribution is -2.57. The lowest BCUT2D eigenvalue weighted by molar-refractivity contribution is -0.180. The molecule has 0 aromatic carbocycles.